The van der Waals surface area contributed by atoms with Gasteiger partial charge in [0.2, 0.25) is 5.91 Å². The minimum absolute atomic E-state index is 0.0550. The molecule has 1 aromatic heterocycles. The number of nitrogens with one attached hydrogen (secondary N) is 1. The van der Waals surface area contributed by atoms with Crippen LogP contribution in [0.2, 0.25) is 0 Å². The molecule has 0 aliphatic rings. The highest BCUT2D eigenvalue weighted by molar-refractivity contribution is 9.10. The van der Waals surface area contributed by atoms with Gasteiger partial charge in [0.05, 0.1) is 12.2 Å². The van der Waals surface area contributed by atoms with Gasteiger partial charge in [0, 0.05) is 36.9 Å². The summed E-state index contributed by atoms with van der Waals surface area (Å²) in [7, 11) is 1.80. The van der Waals surface area contributed by atoms with Crippen LogP contribution in [0, 0.1) is 0 Å². The number of hydrogen-bond acceptors (Lipinski definition) is 3. The van der Waals surface area contributed by atoms with Crippen molar-refractivity contribution in [3.05, 3.63) is 58.3 Å². The molecule has 5 heteroatoms. The Kier molecular flexibility index (Phi) is 5.33. The van der Waals surface area contributed by atoms with E-state index in [1.165, 1.54) is 0 Å². The number of benzene rings is 1. The predicted molar refractivity (Wildman–Crippen MR) is 87.9 cm³/mol. The Morgan fingerprint density at radius 1 is 1.29 bits per heavy atom. The van der Waals surface area contributed by atoms with E-state index in [0.717, 1.165) is 21.4 Å². The van der Waals surface area contributed by atoms with E-state index >= 15 is 0 Å². The standard InChI is InChI=1S/C16H18BrN3O/c1-12(21)20(2)11-13-5-3-4-6-16(13)19-10-15-8-7-14(17)9-18-15/h3-9,19H,10-11H2,1-2H3. The number of aromatic nitrogens is 1. The van der Waals surface area contributed by atoms with Gasteiger partial charge in [-0.15, -0.1) is 0 Å². The topological polar surface area (TPSA) is 45.2 Å². The minimum atomic E-state index is 0.0550. The molecule has 4 nitrogen and oxygen atoms in total. The fraction of sp³-hybridized carbons (Fsp3) is 0.250. The molecule has 1 heterocycles. The number of rotatable bonds is 5. The second-order valence-electron chi connectivity index (χ2n) is 4.85. The van der Waals surface area contributed by atoms with Crippen LogP contribution in [0.15, 0.2) is 47.1 Å². The molecule has 1 aromatic carbocycles. The lowest BCUT2D eigenvalue weighted by atomic mass is 10.1. The molecule has 0 aliphatic heterocycles. The summed E-state index contributed by atoms with van der Waals surface area (Å²) in [6.07, 6.45) is 1.78. The quantitative estimate of drug-likeness (QED) is 0.900. The Morgan fingerprint density at radius 2 is 2.05 bits per heavy atom. The van der Waals surface area contributed by atoms with Crippen molar-refractivity contribution in [2.45, 2.75) is 20.0 Å². The number of carbonyl (C=O) groups is 1. The van der Waals surface area contributed by atoms with Crippen molar-refractivity contribution in [1.82, 2.24) is 9.88 Å². The first kappa shape index (κ1) is 15.5. The van der Waals surface area contributed by atoms with Gasteiger partial charge in [0.25, 0.3) is 0 Å². The van der Waals surface area contributed by atoms with E-state index in [1.54, 1.807) is 25.1 Å². The van der Waals surface area contributed by atoms with Crippen LogP contribution in [0.1, 0.15) is 18.2 Å². The SMILES string of the molecule is CC(=O)N(C)Cc1ccccc1NCc1ccc(Br)cn1. The number of carbonyl (C=O) groups excluding carboxylic acids is 1. The average molecular weight is 348 g/mol. The highest BCUT2D eigenvalue weighted by atomic mass is 79.9. The average Bonchev–Trinajstić information content (AvgIpc) is 2.48. The molecule has 0 fully saturated rings. The van der Waals surface area contributed by atoms with E-state index in [-0.39, 0.29) is 5.91 Å². The lowest BCUT2D eigenvalue weighted by Crippen LogP contribution is -2.23. The van der Waals surface area contributed by atoms with Crippen LogP contribution in [0.5, 0.6) is 0 Å². The van der Waals surface area contributed by atoms with E-state index in [0.29, 0.717) is 13.1 Å². The molecule has 0 saturated heterocycles. The highest BCUT2D eigenvalue weighted by Gasteiger charge is 2.07. The Morgan fingerprint density at radius 3 is 2.71 bits per heavy atom. The van der Waals surface area contributed by atoms with Crippen LogP contribution in [0.3, 0.4) is 0 Å². The third kappa shape index (κ3) is 4.56. The van der Waals surface area contributed by atoms with Gasteiger partial charge in [0.1, 0.15) is 0 Å². The van der Waals surface area contributed by atoms with Crippen molar-refractivity contribution in [2.75, 3.05) is 12.4 Å². The predicted octanol–water partition coefficient (Wildman–Crippen LogP) is 3.43. The second-order valence-corrected chi connectivity index (χ2v) is 5.77. The van der Waals surface area contributed by atoms with E-state index in [4.69, 9.17) is 0 Å². The fourth-order valence-electron chi connectivity index (χ4n) is 1.89. The molecule has 0 bridgehead atoms. The van der Waals surface area contributed by atoms with Crippen molar-refractivity contribution < 1.29 is 4.79 Å². The van der Waals surface area contributed by atoms with Gasteiger partial charge in [0.15, 0.2) is 0 Å². The molecule has 0 aliphatic carbocycles. The molecule has 1 N–H and O–H groups in total. The van der Waals surface area contributed by atoms with Crippen LogP contribution in [-0.2, 0) is 17.9 Å². The molecule has 0 unspecified atom stereocenters. The zero-order valence-corrected chi connectivity index (χ0v) is 13.7. The number of anilines is 1. The lowest BCUT2D eigenvalue weighted by Gasteiger charge is -2.18. The summed E-state index contributed by atoms with van der Waals surface area (Å²) in [5, 5.41) is 3.38. The molecule has 110 valence electrons. The lowest BCUT2D eigenvalue weighted by molar-refractivity contribution is -0.128. The van der Waals surface area contributed by atoms with Crippen LogP contribution < -0.4 is 5.32 Å². The van der Waals surface area contributed by atoms with Crippen molar-refractivity contribution in [1.29, 1.82) is 0 Å². The largest absolute Gasteiger partial charge is 0.379 e. The monoisotopic (exact) mass is 347 g/mol. The number of hydrogen-bond donors (Lipinski definition) is 1. The Bertz CT molecular complexity index is 613. The summed E-state index contributed by atoms with van der Waals surface area (Å²) in [5.74, 6) is 0.0550. The third-order valence-corrected chi connectivity index (χ3v) is 3.68. The maximum atomic E-state index is 11.4. The number of para-hydroxylation sites is 1. The summed E-state index contributed by atoms with van der Waals surface area (Å²) in [6.45, 7) is 2.81. The van der Waals surface area contributed by atoms with Gasteiger partial charge in [-0.2, -0.15) is 0 Å². The number of halogens is 1. The maximum Gasteiger partial charge on any atom is 0.219 e. The molecule has 0 spiro atoms. The molecule has 1 amide bonds. The Labute approximate surface area is 133 Å². The van der Waals surface area contributed by atoms with Crippen molar-refractivity contribution in [2.24, 2.45) is 0 Å². The molecule has 0 atom stereocenters. The van der Waals surface area contributed by atoms with Crippen LogP contribution in [0.4, 0.5) is 5.69 Å². The zero-order chi connectivity index (χ0) is 15.2. The van der Waals surface area contributed by atoms with Gasteiger partial charge < -0.3 is 10.2 Å². The summed E-state index contributed by atoms with van der Waals surface area (Å²) in [6, 6.07) is 11.9. The third-order valence-electron chi connectivity index (χ3n) is 3.21. The maximum absolute atomic E-state index is 11.4. The first-order valence-electron chi connectivity index (χ1n) is 6.70. The highest BCUT2D eigenvalue weighted by Crippen LogP contribution is 2.18. The summed E-state index contributed by atoms with van der Waals surface area (Å²) in [5.41, 5.74) is 3.08. The number of nitrogens with zero attached hydrogens (tertiary/aromatic N) is 2. The molecule has 0 radical (unpaired) electrons. The van der Waals surface area contributed by atoms with Crippen LogP contribution in [0.25, 0.3) is 0 Å². The molecule has 2 aromatic rings. The number of pyridine rings is 1. The minimum Gasteiger partial charge on any atom is -0.379 e. The molecular weight excluding hydrogens is 330 g/mol. The second kappa shape index (κ2) is 7.22. The van der Waals surface area contributed by atoms with E-state index in [2.05, 4.69) is 26.2 Å². The van der Waals surface area contributed by atoms with Crippen LogP contribution >= 0.6 is 15.9 Å². The summed E-state index contributed by atoms with van der Waals surface area (Å²) >= 11 is 3.37. The zero-order valence-electron chi connectivity index (χ0n) is 12.1. The molecule has 0 saturated carbocycles. The van der Waals surface area contributed by atoms with Crippen molar-refractivity contribution in [3.63, 3.8) is 0 Å². The summed E-state index contributed by atoms with van der Waals surface area (Å²) < 4.78 is 0.967. The molecule has 21 heavy (non-hydrogen) atoms. The summed E-state index contributed by atoms with van der Waals surface area (Å²) in [4.78, 5) is 17.4. The van der Waals surface area contributed by atoms with Crippen molar-refractivity contribution in [3.8, 4) is 0 Å². The van der Waals surface area contributed by atoms with Crippen molar-refractivity contribution >= 4 is 27.5 Å². The van der Waals surface area contributed by atoms with Crippen LogP contribution in [-0.4, -0.2) is 22.8 Å². The van der Waals surface area contributed by atoms with E-state index in [1.807, 2.05) is 36.4 Å². The first-order valence-corrected chi connectivity index (χ1v) is 7.49. The van der Waals surface area contributed by atoms with E-state index < -0.39 is 0 Å². The van der Waals surface area contributed by atoms with Gasteiger partial charge in [-0.25, -0.2) is 0 Å². The van der Waals surface area contributed by atoms with Gasteiger partial charge in [-0.1, -0.05) is 18.2 Å². The first-order chi connectivity index (χ1) is 10.1. The van der Waals surface area contributed by atoms with Gasteiger partial charge >= 0.3 is 0 Å². The van der Waals surface area contributed by atoms with Gasteiger partial charge in [-0.3, -0.25) is 9.78 Å². The van der Waals surface area contributed by atoms with E-state index in [9.17, 15) is 4.79 Å². The Hall–Kier alpha value is -1.88. The fourth-order valence-corrected chi connectivity index (χ4v) is 2.13. The molecule has 2 rings (SSSR count). The van der Waals surface area contributed by atoms with Gasteiger partial charge in [-0.05, 0) is 39.7 Å². The normalized spacial score (nSPS) is 10.2. The Balaban J connectivity index is 2.06. The molecular formula is C16H18BrN3O. The smallest absolute Gasteiger partial charge is 0.219 e. The number of amides is 1.